The number of piperazine rings is 1. The molecule has 3 rings (SSSR count). The van der Waals surface area contributed by atoms with Crippen molar-refractivity contribution in [2.75, 3.05) is 19.6 Å². The molecular weight excluding hydrogens is 316 g/mol. The molecule has 2 N–H and O–H groups in total. The van der Waals surface area contributed by atoms with E-state index in [4.69, 9.17) is 4.74 Å². The maximum atomic E-state index is 11.8. The van der Waals surface area contributed by atoms with Gasteiger partial charge in [0.1, 0.15) is 18.4 Å². The SMILES string of the molecule is CC1CNCCN1C(C(=O)O)c1ccc(OCc2ccccc2)cc1. The summed E-state index contributed by atoms with van der Waals surface area (Å²) in [6.45, 7) is 4.90. The van der Waals surface area contributed by atoms with E-state index in [1.54, 1.807) is 0 Å². The van der Waals surface area contributed by atoms with E-state index in [9.17, 15) is 9.90 Å². The van der Waals surface area contributed by atoms with Crippen molar-refractivity contribution in [1.29, 1.82) is 0 Å². The van der Waals surface area contributed by atoms with E-state index in [0.717, 1.165) is 36.5 Å². The predicted octanol–water partition coefficient (Wildman–Crippen LogP) is 2.69. The van der Waals surface area contributed by atoms with Crippen molar-refractivity contribution in [2.24, 2.45) is 0 Å². The van der Waals surface area contributed by atoms with Gasteiger partial charge in [-0.1, -0.05) is 42.5 Å². The summed E-state index contributed by atoms with van der Waals surface area (Å²) in [5.74, 6) is -0.0724. The van der Waals surface area contributed by atoms with Crippen LogP contribution in [0.4, 0.5) is 0 Å². The molecule has 0 radical (unpaired) electrons. The molecule has 2 unspecified atom stereocenters. The number of carboxylic acid groups (broad SMARTS) is 1. The molecule has 5 nitrogen and oxygen atoms in total. The molecule has 1 saturated heterocycles. The van der Waals surface area contributed by atoms with Crippen molar-refractivity contribution in [2.45, 2.75) is 25.6 Å². The molecule has 1 aliphatic heterocycles. The van der Waals surface area contributed by atoms with Crippen LogP contribution < -0.4 is 10.1 Å². The molecule has 2 atom stereocenters. The monoisotopic (exact) mass is 340 g/mol. The van der Waals surface area contributed by atoms with Gasteiger partial charge in [0.05, 0.1) is 0 Å². The number of ether oxygens (including phenoxy) is 1. The highest BCUT2D eigenvalue weighted by atomic mass is 16.5. The third kappa shape index (κ3) is 4.38. The first kappa shape index (κ1) is 17.5. The van der Waals surface area contributed by atoms with Crippen molar-refractivity contribution >= 4 is 5.97 Å². The smallest absolute Gasteiger partial charge is 0.325 e. The number of benzene rings is 2. The zero-order valence-corrected chi connectivity index (χ0v) is 14.4. The molecule has 0 aromatic heterocycles. The predicted molar refractivity (Wildman–Crippen MR) is 96.6 cm³/mol. The van der Waals surface area contributed by atoms with Gasteiger partial charge >= 0.3 is 5.97 Å². The lowest BCUT2D eigenvalue weighted by molar-refractivity contribution is -0.145. The Kier molecular flexibility index (Phi) is 5.68. The van der Waals surface area contributed by atoms with Gasteiger partial charge in [-0.3, -0.25) is 9.69 Å². The van der Waals surface area contributed by atoms with Crippen LogP contribution >= 0.6 is 0 Å². The molecule has 2 aromatic rings. The molecule has 0 spiro atoms. The number of carbonyl (C=O) groups is 1. The zero-order chi connectivity index (χ0) is 17.6. The number of nitrogens with zero attached hydrogens (tertiary/aromatic N) is 1. The number of hydrogen-bond acceptors (Lipinski definition) is 4. The highest BCUT2D eigenvalue weighted by molar-refractivity contribution is 5.75. The van der Waals surface area contributed by atoms with Gasteiger partial charge in [-0.2, -0.15) is 0 Å². The van der Waals surface area contributed by atoms with Crippen molar-refractivity contribution in [3.8, 4) is 5.75 Å². The Hall–Kier alpha value is -2.37. The first-order valence-corrected chi connectivity index (χ1v) is 8.61. The van der Waals surface area contributed by atoms with Crippen LogP contribution in [0, 0.1) is 0 Å². The van der Waals surface area contributed by atoms with E-state index >= 15 is 0 Å². The summed E-state index contributed by atoms with van der Waals surface area (Å²) < 4.78 is 5.78. The quantitative estimate of drug-likeness (QED) is 0.847. The highest BCUT2D eigenvalue weighted by Crippen LogP contribution is 2.26. The summed E-state index contributed by atoms with van der Waals surface area (Å²) in [4.78, 5) is 13.9. The van der Waals surface area contributed by atoms with Crippen molar-refractivity contribution in [3.05, 3.63) is 65.7 Å². The van der Waals surface area contributed by atoms with E-state index in [1.807, 2.05) is 59.5 Å². The lowest BCUT2D eigenvalue weighted by Crippen LogP contribution is -2.52. The number of rotatable bonds is 6. The minimum absolute atomic E-state index is 0.184. The number of aliphatic carboxylic acids is 1. The fourth-order valence-electron chi connectivity index (χ4n) is 3.20. The number of carboxylic acids is 1. The van der Waals surface area contributed by atoms with Crippen LogP contribution in [0.25, 0.3) is 0 Å². The van der Waals surface area contributed by atoms with Gasteiger partial charge in [0.15, 0.2) is 0 Å². The van der Waals surface area contributed by atoms with Crippen LogP contribution in [-0.4, -0.2) is 41.7 Å². The number of hydrogen-bond donors (Lipinski definition) is 2. The molecule has 5 heteroatoms. The van der Waals surface area contributed by atoms with Crippen molar-refractivity contribution in [1.82, 2.24) is 10.2 Å². The second kappa shape index (κ2) is 8.14. The Labute approximate surface area is 148 Å². The third-order valence-corrected chi connectivity index (χ3v) is 4.56. The zero-order valence-electron chi connectivity index (χ0n) is 14.4. The molecule has 0 saturated carbocycles. The third-order valence-electron chi connectivity index (χ3n) is 4.56. The summed E-state index contributed by atoms with van der Waals surface area (Å²) in [6.07, 6.45) is 0. The summed E-state index contributed by atoms with van der Waals surface area (Å²) in [5, 5.41) is 13.0. The van der Waals surface area contributed by atoms with Crippen LogP contribution in [0.3, 0.4) is 0 Å². The Morgan fingerprint density at radius 1 is 1.24 bits per heavy atom. The lowest BCUT2D eigenvalue weighted by atomic mass is 10.0. The average Bonchev–Trinajstić information content (AvgIpc) is 2.63. The Bertz CT molecular complexity index is 688. The molecule has 132 valence electrons. The molecule has 1 aliphatic rings. The topological polar surface area (TPSA) is 61.8 Å². The Balaban J connectivity index is 1.69. The standard InChI is InChI=1S/C20H24N2O3/c1-15-13-21-11-12-22(15)19(20(23)24)17-7-9-18(10-8-17)25-14-16-5-3-2-4-6-16/h2-10,15,19,21H,11-14H2,1H3,(H,23,24). The van der Waals surface area contributed by atoms with Crippen LogP contribution in [0.1, 0.15) is 24.1 Å². The van der Waals surface area contributed by atoms with Crippen LogP contribution in [0.15, 0.2) is 54.6 Å². The average molecular weight is 340 g/mol. The van der Waals surface area contributed by atoms with E-state index in [1.165, 1.54) is 0 Å². The second-order valence-electron chi connectivity index (χ2n) is 6.38. The molecule has 1 heterocycles. The summed E-state index contributed by atoms with van der Waals surface area (Å²) in [5.41, 5.74) is 1.89. The largest absolute Gasteiger partial charge is 0.489 e. The minimum Gasteiger partial charge on any atom is -0.489 e. The summed E-state index contributed by atoms with van der Waals surface area (Å²) in [7, 11) is 0. The molecule has 0 amide bonds. The van der Waals surface area contributed by atoms with E-state index in [-0.39, 0.29) is 6.04 Å². The van der Waals surface area contributed by atoms with Gasteiger partial charge in [-0.25, -0.2) is 0 Å². The van der Waals surface area contributed by atoms with Gasteiger partial charge in [0.25, 0.3) is 0 Å². The van der Waals surface area contributed by atoms with Crippen LogP contribution in [0.2, 0.25) is 0 Å². The first-order valence-electron chi connectivity index (χ1n) is 8.61. The van der Waals surface area contributed by atoms with Gasteiger partial charge in [0, 0.05) is 25.7 Å². The van der Waals surface area contributed by atoms with Gasteiger partial charge in [-0.05, 0) is 30.2 Å². The normalized spacial score (nSPS) is 19.3. The van der Waals surface area contributed by atoms with Gasteiger partial charge < -0.3 is 15.2 Å². The van der Waals surface area contributed by atoms with Gasteiger partial charge in [0.2, 0.25) is 0 Å². The molecule has 2 aromatic carbocycles. The second-order valence-corrected chi connectivity index (χ2v) is 6.38. The molecule has 0 aliphatic carbocycles. The van der Waals surface area contributed by atoms with E-state index < -0.39 is 12.0 Å². The summed E-state index contributed by atoms with van der Waals surface area (Å²) in [6, 6.07) is 16.9. The van der Waals surface area contributed by atoms with Gasteiger partial charge in [-0.15, -0.1) is 0 Å². The Morgan fingerprint density at radius 2 is 1.96 bits per heavy atom. The number of nitrogens with one attached hydrogen (secondary N) is 1. The van der Waals surface area contributed by atoms with Crippen LogP contribution in [-0.2, 0) is 11.4 Å². The van der Waals surface area contributed by atoms with E-state index in [0.29, 0.717) is 6.61 Å². The fourth-order valence-corrected chi connectivity index (χ4v) is 3.20. The molecule has 0 bridgehead atoms. The molecule has 1 fully saturated rings. The highest BCUT2D eigenvalue weighted by Gasteiger charge is 2.32. The maximum absolute atomic E-state index is 11.8. The summed E-state index contributed by atoms with van der Waals surface area (Å²) >= 11 is 0. The Morgan fingerprint density at radius 3 is 2.60 bits per heavy atom. The first-order chi connectivity index (χ1) is 12.1. The minimum atomic E-state index is -0.813. The van der Waals surface area contributed by atoms with Crippen molar-refractivity contribution < 1.29 is 14.6 Å². The lowest BCUT2D eigenvalue weighted by Gasteiger charge is -2.38. The molecule has 25 heavy (non-hydrogen) atoms. The fraction of sp³-hybridized carbons (Fsp3) is 0.350. The van der Waals surface area contributed by atoms with Crippen LogP contribution in [0.5, 0.6) is 5.75 Å². The van der Waals surface area contributed by atoms with E-state index in [2.05, 4.69) is 12.2 Å². The maximum Gasteiger partial charge on any atom is 0.325 e. The molecular formula is C20H24N2O3. The van der Waals surface area contributed by atoms with Crippen molar-refractivity contribution in [3.63, 3.8) is 0 Å².